The molecule has 1 unspecified atom stereocenters. The van der Waals surface area contributed by atoms with Gasteiger partial charge in [-0.3, -0.25) is 14.4 Å². The van der Waals surface area contributed by atoms with Crippen molar-refractivity contribution in [3.63, 3.8) is 0 Å². The van der Waals surface area contributed by atoms with Crippen molar-refractivity contribution >= 4 is 17.9 Å². The molecule has 1 atom stereocenters. The van der Waals surface area contributed by atoms with Crippen LogP contribution in [0.4, 0.5) is 0 Å². The van der Waals surface area contributed by atoms with Crippen LogP contribution in [-0.4, -0.2) is 37.2 Å². The Balaban J connectivity index is 4.30. The van der Waals surface area contributed by atoms with Gasteiger partial charge in [0, 0.05) is 19.3 Å². The molecule has 0 N–H and O–H groups in total. The largest absolute Gasteiger partial charge is 0.462 e. The van der Waals surface area contributed by atoms with E-state index >= 15 is 0 Å². The molecular weight excluding hydrogens is 997 g/mol. The Morgan fingerprint density at radius 1 is 0.259 bits per heavy atom. The molecule has 6 nitrogen and oxygen atoms in total. The summed E-state index contributed by atoms with van der Waals surface area (Å²) >= 11 is 0. The van der Waals surface area contributed by atoms with Crippen molar-refractivity contribution in [1.82, 2.24) is 0 Å². The van der Waals surface area contributed by atoms with Crippen molar-refractivity contribution in [3.8, 4) is 0 Å². The van der Waals surface area contributed by atoms with Gasteiger partial charge in [-0.1, -0.05) is 312 Å². The summed E-state index contributed by atoms with van der Waals surface area (Å²) in [4.78, 5) is 38.5. The van der Waals surface area contributed by atoms with Gasteiger partial charge in [-0.25, -0.2) is 0 Å². The zero-order valence-corrected chi connectivity index (χ0v) is 54.1. The lowest BCUT2D eigenvalue weighted by Gasteiger charge is -2.18. The minimum Gasteiger partial charge on any atom is -0.462 e. The number of ether oxygens (including phenoxy) is 3. The van der Waals surface area contributed by atoms with Crippen LogP contribution in [0.1, 0.15) is 367 Å². The third kappa shape index (κ3) is 67.5. The molecule has 0 rings (SSSR count). The molecule has 0 amide bonds. The quantitative estimate of drug-likeness (QED) is 0.0261. The molecule has 0 saturated heterocycles. The average Bonchev–Trinajstić information content (AvgIpc) is 3.47. The van der Waals surface area contributed by atoms with Crippen LogP contribution in [-0.2, 0) is 28.6 Å². The van der Waals surface area contributed by atoms with Gasteiger partial charge in [0.2, 0.25) is 0 Å². The first-order chi connectivity index (χ1) is 40.0. The number of hydrogen-bond acceptors (Lipinski definition) is 6. The number of carbonyl (C=O) groups excluding carboxylic acids is 3. The van der Waals surface area contributed by atoms with Crippen LogP contribution in [0.5, 0.6) is 0 Å². The molecule has 0 aromatic rings. The molecule has 470 valence electrons. The maximum atomic E-state index is 13.0. The molecule has 0 radical (unpaired) electrons. The molecule has 0 aliphatic heterocycles. The summed E-state index contributed by atoms with van der Waals surface area (Å²) in [6, 6.07) is 0. The molecule has 81 heavy (non-hydrogen) atoms. The van der Waals surface area contributed by atoms with Gasteiger partial charge in [-0.2, -0.15) is 0 Å². The van der Waals surface area contributed by atoms with Crippen LogP contribution in [0, 0.1) is 0 Å². The van der Waals surface area contributed by atoms with E-state index in [0.29, 0.717) is 19.3 Å². The summed E-state index contributed by atoms with van der Waals surface area (Å²) in [5.74, 6) is -0.863. The van der Waals surface area contributed by atoms with Crippen LogP contribution >= 0.6 is 0 Å². The van der Waals surface area contributed by atoms with E-state index in [1.807, 2.05) is 0 Å². The number of rotatable bonds is 65. The van der Waals surface area contributed by atoms with E-state index in [9.17, 15) is 14.4 Å². The van der Waals surface area contributed by atoms with E-state index < -0.39 is 6.10 Å². The molecule has 0 spiro atoms. The zero-order valence-electron chi connectivity index (χ0n) is 54.1. The molecular formula is C75H134O6. The molecule has 0 saturated carbocycles. The Hall–Kier alpha value is -3.15. The SMILES string of the molecule is CC/C=C\C/C=C\C/C=C\C/C=C\CCCCCCCCCCCCCCCCC(=O)OCC(COC(=O)CCCCCCCCC/C=C\CCCCCCCCC)OC(=O)CCCCCCCCC/C=C\CCCCCCCCC. The predicted molar refractivity (Wildman–Crippen MR) is 353 cm³/mol. The second kappa shape index (κ2) is 69.3. The Morgan fingerprint density at radius 2 is 0.481 bits per heavy atom. The fourth-order valence-electron chi connectivity index (χ4n) is 10.4. The highest BCUT2D eigenvalue weighted by atomic mass is 16.6. The normalized spacial score (nSPS) is 12.5. The maximum absolute atomic E-state index is 13.0. The Morgan fingerprint density at radius 3 is 0.765 bits per heavy atom. The maximum Gasteiger partial charge on any atom is 0.306 e. The van der Waals surface area contributed by atoms with Gasteiger partial charge < -0.3 is 14.2 Å². The van der Waals surface area contributed by atoms with Gasteiger partial charge in [-0.15, -0.1) is 0 Å². The number of hydrogen-bond donors (Lipinski definition) is 0. The van der Waals surface area contributed by atoms with Crippen molar-refractivity contribution in [2.24, 2.45) is 0 Å². The van der Waals surface area contributed by atoms with Crippen LogP contribution in [0.3, 0.4) is 0 Å². The van der Waals surface area contributed by atoms with Crippen molar-refractivity contribution in [2.75, 3.05) is 13.2 Å². The van der Waals surface area contributed by atoms with Gasteiger partial charge in [0.15, 0.2) is 6.10 Å². The van der Waals surface area contributed by atoms with Crippen LogP contribution < -0.4 is 0 Å². The van der Waals surface area contributed by atoms with Crippen molar-refractivity contribution < 1.29 is 28.6 Å². The van der Waals surface area contributed by atoms with Crippen molar-refractivity contribution in [2.45, 2.75) is 374 Å². The summed E-state index contributed by atoms with van der Waals surface area (Å²) in [5.41, 5.74) is 0. The molecule has 6 heteroatoms. The fraction of sp³-hybridized carbons (Fsp3) is 0.800. The van der Waals surface area contributed by atoms with E-state index in [1.165, 1.54) is 244 Å². The molecule has 0 aliphatic rings. The van der Waals surface area contributed by atoms with Crippen LogP contribution in [0.15, 0.2) is 72.9 Å². The van der Waals surface area contributed by atoms with Gasteiger partial charge in [-0.05, 0) is 109 Å². The topological polar surface area (TPSA) is 78.9 Å². The summed E-state index contributed by atoms with van der Waals surface area (Å²) in [7, 11) is 0. The molecule has 0 aliphatic carbocycles. The standard InChI is InChI=1S/C75H134O6/c1-4-7-10-13-16-19-22-25-28-31-34-35-36-37-38-39-40-41-42-45-47-50-53-56-59-62-65-68-74(77)80-71-72(81-75(78)69-66-63-60-57-54-51-48-44-33-30-27-24-21-18-15-12-9-6-3)70-79-73(76)67-64-61-58-55-52-49-46-43-32-29-26-23-20-17-14-11-8-5-2/h7,10,16,19,25,28-30,32-35,72H,4-6,8-9,11-15,17-18,20-24,26-27,31,36-71H2,1-3H3/b10-7-,19-16-,28-25-,32-29-,33-30-,35-34-. The summed E-state index contributed by atoms with van der Waals surface area (Å²) in [6.45, 7) is 6.57. The molecule has 0 fully saturated rings. The Bertz CT molecular complexity index is 1490. The second-order valence-corrected chi connectivity index (χ2v) is 23.8. The Kier molecular flexibility index (Phi) is 66.6. The third-order valence-corrected chi connectivity index (χ3v) is 15.7. The molecule has 0 aromatic heterocycles. The van der Waals surface area contributed by atoms with E-state index in [1.54, 1.807) is 0 Å². The van der Waals surface area contributed by atoms with Gasteiger partial charge >= 0.3 is 17.9 Å². The second-order valence-electron chi connectivity index (χ2n) is 23.8. The fourth-order valence-corrected chi connectivity index (χ4v) is 10.4. The van der Waals surface area contributed by atoms with Gasteiger partial charge in [0.1, 0.15) is 13.2 Å². The zero-order chi connectivity index (χ0) is 58.5. The molecule has 0 bridgehead atoms. The highest BCUT2D eigenvalue weighted by molar-refractivity contribution is 5.71. The summed E-state index contributed by atoms with van der Waals surface area (Å²) in [6.07, 6.45) is 90.6. The van der Waals surface area contributed by atoms with Crippen LogP contribution in [0.25, 0.3) is 0 Å². The van der Waals surface area contributed by atoms with Crippen LogP contribution in [0.2, 0.25) is 0 Å². The monoisotopic (exact) mass is 1130 g/mol. The molecule has 0 heterocycles. The number of allylic oxidation sites excluding steroid dienone is 12. The van der Waals surface area contributed by atoms with Gasteiger partial charge in [0.25, 0.3) is 0 Å². The van der Waals surface area contributed by atoms with E-state index in [0.717, 1.165) is 83.5 Å². The van der Waals surface area contributed by atoms with Crippen molar-refractivity contribution in [3.05, 3.63) is 72.9 Å². The first-order valence-electron chi connectivity index (χ1n) is 35.4. The summed E-state index contributed by atoms with van der Waals surface area (Å²) < 4.78 is 17.0. The molecule has 0 aromatic carbocycles. The lowest BCUT2D eigenvalue weighted by Crippen LogP contribution is -2.30. The lowest BCUT2D eigenvalue weighted by atomic mass is 10.0. The number of esters is 3. The van der Waals surface area contributed by atoms with E-state index in [4.69, 9.17) is 14.2 Å². The lowest BCUT2D eigenvalue weighted by molar-refractivity contribution is -0.167. The van der Waals surface area contributed by atoms with Crippen molar-refractivity contribution in [1.29, 1.82) is 0 Å². The first-order valence-corrected chi connectivity index (χ1v) is 35.4. The Labute approximate surface area is 503 Å². The highest BCUT2D eigenvalue weighted by Crippen LogP contribution is 2.17. The van der Waals surface area contributed by atoms with Gasteiger partial charge in [0.05, 0.1) is 0 Å². The number of carbonyl (C=O) groups is 3. The average molecular weight is 1130 g/mol. The predicted octanol–water partition coefficient (Wildman–Crippen LogP) is 24.4. The minimum atomic E-state index is -0.780. The van der Waals surface area contributed by atoms with E-state index in [-0.39, 0.29) is 31.1 Å². The first kappa shape index (κ1) is 77.9. The summed E-state index contributed by atoms with van der Waals surface area (Å²) in [5, 5.41) is 0. The van der Waals surface area contributed by atoms with E-state index in [2.05, 4.69) is 93.7 Å². The minimum absolute atomic E-state index is 0.0756. The highest BCUT2D eigenvalue weighted by Gasteiger charge is 2.19. The smallest absolute Gasteiger partial charge is 0.306 e. The number of unbranched alkanes of at least 4 members (excludes halogenated alkanes) is 42. The third-order valence-electron chi connectivity index (χ3n) is 15.7.